The van der Waals surface area contributed by atoms with Gasteiger partial charge in [0.05, 0.1) is 24.2 Å². The Labute approximate surface area is 304 Å². The number of nitrogens with zero attached hydrogens (tertiary/aromatic N) is 7. The Morgan fingerprint density at radius 1 is 1.00 bits per heavy atom. The first-order chi connectivity index (χ1) is 24.8. The molecule has 1 amide bonds. The fraction of sp³-hybridized carbons (Fsp3) is 0.634. The van der Waals surface area contributed by atoms with Crippen molar-refractivity contribution in [2.45, 2.75) is 91.0 Å². The van der Waals surface area contributed by atoms with E-state index in [0.717, 1.165) is 103 Å². The number of piperazine rings is 1. The lowest BCUT2D eigenvalue weighted by Gasteiger charge is -2.43. The highest BCUT2D eigenvalue weighted by Crippen LogP contribution is 2.46. The van der Waals surface area contributed by atoms with Gasteiger partial charge in [-0.25, -0.2) is 4.98 Å². The zero-order valence-corrected chi connectivity index (χ0v) is 31.1. The highest BCUT2D eigenvalue weighted by Gasteiger charge is 2.36. The zero-order chi connectivity index (χ0) is 35.4. The summed E-state index contributed by atoms with van der Waals surface area (Å²) in [6.07, 6.45) is 14.1. The lowest BCUT2D eigenvalue weighted by Crippen LogP contribution is -2.52. The van der Waals surface area contributed by atoms with Gasteiger partial charge in [0, 0.05) is 49.1 Å². The third-order valence-electron chi connectivity index (χ3n) is 12.9. The number of fused-ring (bicyclic) bond motifs is 1. The Morgan fingerprint density at radius 2 is 1.75 bits per heavy atom. The highest BCUT2D eigenvalue weighted by molar-refractivity contribution is 5.94. The van der Waals surface area contributed by atoms with Crippen molar-refractivity contribution >= 4 is 28.3 Å². The molecule has 3 aliphatic heterocycles. The second-order valence-electron chi connectivity index (χ2n) is 16.0. The van der Waals surface area contributed by atoms with Crippen LogP contribution in [0.25, 0.3) is 10.8 Å². The summed E-state index contributed by atoms with van der Waals surface area (Å²) >= 11 is 0. The molecule has 10 nitrogen and oxygen atoms in total. The van der Waals surface area contributed by atoms with Crippen LogP contribution >= 0.6 is 0 Å². The van der Waals surface area contributed by atoms with Crippen molar-refractivity contribution in [2.24, 2.45) is 17.3 Å². The number of likely N-dealkylation sites (tertiary alicyclic amines) is 1. The molecule has 0 unspecified atom stereocenters. The van der Waals surface area contributed by atoms with Crippen molar-refractivity contribution in [3.63, 3.8) is 0 Å². The lowest BCUT2D eigenvalue weighted by molar-refractivity contribution is -0.137. The Balaban J connectivity index is 0.903. The van der Waals surface area contributed by atoms with Gasteiger partial charge < -0.3 is 25.3 Å². The second-order valence-corrected chi connectivity index (χ2v) is 16.0. The van der Waals surface area contributed by atoms with E-state index in [2.05, 4.69) is 67.6 Å². The van der Waals surface area contributed by atoms with E-state index in [-0.39, 0.29) is 12.0 Å². The second kappa shape index (κ2) is 15.8. The van der Waals surface area contributed by atoms with Gasteiger partial charge in [-0.05, 0) is 145 Å². The van der Waals surface area contributed by atoms with Gasteiger partial charge >= 0.3 is 0 Å². The number of hydrogen-bond donors (Lipinski definition) is 2. The molecule has 1 saturated carbocycles. The number of carbonyl (C=O) groups is 1. The third-order valence-corrected chi connectivity index (χ3v) is 12.9. The number of hydrogen-bond acceptors (Lipinski definition) is 9. The predicted molar refractivity (Wildman–Crippen MR) is 204 cm³/mol. The van der Waals surface area contributed by atoms with Gasteiger partial charge in [-0.15, -0.1) is 5.10 Å². The van der Waals surface area contributed by atoms with E-state index in [4.69, 9.17) is 4.98 Å². The number of pyridine rings is 1. The van der Waals surface area contributed by atoms with E-state index in [1.165, 1.54) is 64.6 Å². The molecule has 3 saturated heterocycles. The van der Waals surface area contributed by atoms with Crippen LogP contribution < -0.4 is 15.5 Å². The molecule has 10 heteroatoms. The van der Waals surface area contributed by atoms with Gasteiger partial charge in [-0.2, -0.15) is 10.4 Å². The van der Waals surface area contributed by atoms with E-state index in [9.17, 15) is 10.1 Å². The van der Waals surface area contributed by atoms with Crippen molar-refractivity contribution in [2.75, 3.05) is 69.1 Å². The number of benzene rings is 1. The molecule has 1 atom stereocenters. The number of rotatable bonds is 9. The summed E-state index contributed by atoms with van der Waals surface area (Å²) in [6.45, 7) is 14.9. The smallest absolute Gasteiger partial charge is 0.225 e. The molecule has 51 heavy (non-hydrogen) atoms. The van der Waals surface area contributed by atoms with E-state index in [1.54, 1.807) is 0 Å². The van der Waals surface area contributed by atoms with Gasteiger partial charge in [0.2, 0.25) is 5.91 Å². The number of anilines is 2. The Kier molecular flexibility index (Phi) is 11.0. The van der Waals surface area contributed by atoms with E-state index < -0.39 is 0 Å². The van der Waals surface area contributed by atoms with E-state index in [1.807, 2.05) is 25.3 Å². The number of amides is 1. The van der Waals surface area contributed by atoms with Crippen molar-refractivity contribution in [3.8, 4) is 6.07 Å². The molecule has 7 rings (SSSR count). The summed E-state index contributed by atoms with van der Waals surface area (Å²) in [6, 6.07) is 10.5. The average molecular weight is 692 g/mol. The maximum Gasteiger partial charge on any atom is 0.225 e. The van der Waals surface area contributed by atoms with Gasteiger partial charge in [-0.3, -0.25) is 4.79 Å². The molecular formula is C41H57N9O. The summed E-state index contributed by atoms with van der Waals surface area (Å²) in [5.74, 6) is 3.02. The summed E-state index contributed by atoms with van der Waals surface area (Å²) in [5, 5.41) is 27.4. The minimum Gasteiger partial charge on any atom is -0.362 e. The quantitative estimate of drug-likeness (QED) is 0.271. The number of carbonyl (C=O) groups excluding carboxylic acids is 1. The lowest BCUT2D eigenvalue weighted by atomic mass is 9.65. The summed E-state index contributed by atoms with van der Waals surface area (Å²) in [5.41, 5.74) is 4.82. The molecule has 0 bridgehead atoms. The molecule has 5 heterocycles. The van der Waals surface area contributed by atoms with Crippen LogP contribution in [0.15, 0.2) is 30.5 Å². The minimum atomic E-state index is -0.0224. The Bertz CT molecular complexity index is 1700. The van der Waals surface area contributed by atoms with Crippen molar-refractivity contribution in [3.05, 3.63) is 52.8 Å². The molecule has 3 aromatic rings. The molecule has 0 radical (unpaired) electrons. The largest absolute Gasteiger partial charge is 0.362 e. The van der Waals surface area contributed by atoms with Crippen molar-refractivity contribution < 1.29 is 4.79 Å². The third kappa shape index (κ3) is 8.00. The first-order valence-corrected chi connectivity index (χ1v) is 19.6. The summed E-state index contributed by atoms with van der Waals surface area (Å²) in [4.78, 5) is 25.5. The molecule has 4 aliphatic rings. The standard InChI is InChI=1S/C41H57N9O/c1-29-33(9-17-42)5-4-6-35(29)30(2)45-39-36-27-38(44-28-37(36)31(3)46-47-39)49-23-25-50(26-24-49)40(51)34-11-21-48(22-12-34)20-10-32-7-13-41(14-8-32)15-18-43-19-16-41/h4-6,27-28,30,32,34,43H,7-16,18-26H2,1-3H3,(H,45,47)/t30-/m1/s1. The normalized spacial score (nSPS) is 21.1. The molecule has 272 valence electrons. The van der Waals surface area contributed by atoms with Crippen LogP contribution in [0, 0.1) is 42.4 Å². The topological polar surface area (TPSA) is 113 Å². The Hall–Kier alpha value is -3.81. The maximum absolute atomic E-state index is 13.6. The monoisotopic (exact) mass is 691 g/mol. The molecule has 4 fully saturated rings. The fourth-order valence-electron chi connectivity index (χ4n) is 9.39. The summed E-state index contributed by atoms with van der Waals surface area (Å²) in [7, 11) is 0. The molecule has 1 aliphatic carbocycles. The number of aryl methyl sites for hydroxylation is 1. The van der Waals surface area contributed by atoms with Crippen LogP contribution in [-0.2, 0) is 11.2 Å². The van der Waals surface area contributed by atoms with Crippen LogP contribution in [-0.4, -0.2) is 89.8 Å². The number of aromatic nitrogens is 3. The first kappa shape index (κ1) is 35.6. The van der Waals surface area contributed by atoms with E-state index >= 15 is 0 Å². The van der Waals surface area contributed by atoms with Gasteiger partial charge in [0.1, 0.15) is 5.82 Å². The average Bonchev–Trinajstić information content (AvgIpc) is 3.17. The molecule has 2 N–H and O–H groups in total. The van der Waals surface area contributed by atoms with Crippen molar-refractivity contribution in [1.29, 1.82) is 5.26 Å². The van der Waals surface area contributed by atoms with Crippen LogP contribution in [0.2, 0.25) is 0 Å². The van der Waals surface area contributed by atoms with Gasteiger partial charge in [0.25, 0.3) is 0 Å². The molecular weight excluding hydrogens is 635 g/mol. The van der Waals surface area contributed by atoms with Crippen LogP contribution in [0.4, 0.5) is 11.6 Å². The first-order valence-electron chi connectivity index (χ1n) is 19.6. The predicted octanol–water partition coefficient (Wildman–Crippen LogP) is 6.19. The van der Waals surface area contributed by atoms with Crippen LogP contribution in [0.1, 0.15) is 93.1 Å². The van der Waals surface area contributed by atoms with Gasteiger partial charge in [-0.1, -0.05) is 18.2 Å². The van der Waals surface area contributed by atoms with Gasteiger partial charge in [0.15, 0.2) is 5.82 Å². The number of piperidine rings is 2. The number of nitrogens with one attached hydrogen (secondary N) is 2. The summed E-state index contributed by atoms with van der Waals surface area (Å²) < 4.78 is 0. The van der Waals surface area contributed by atoms with Crippen LogP contribution in [0.3, 0.4) is 0 Å². The minimum absolute atomic E-state index is 0.0224. The van der Waals surface area contributed by atoms with Crippen LogP contribution in [0.5, 0.6) is 0 Å². The molecule has 1 spiro atoms. The Morgan fingerprint density at radius 3 is 2.47 bits per heavy atom. The maximum atomic E-state index is 13.6. The fourth-order valence-corrected chi connectivity index (χ4v) is 9.39. The number of nitriles is 1. The van der Waals surface area contributed by atoms with Crippen molar-refractivity contribution in [1.82, 2.24) is 30.3 Å². The molecule has 2 aromatic heterocycles. The molecule has 1 aromatic carbocycles. The SMILES string of the molecule is Cc1c(CC#N)cccc1[C@@H](C)Nc1nnc(C)c2cnc(N3CCN(C(=O)C4CCN(CCC5CCC6(CCNCC6)CC5)CC4)CC3)cc12. The highest BCUT2D eigenvalue weighted by atomic mass is 16.2. The van der Waals surface area contributed by atoms with E-state index in [0.29, 0.717) is 17.7 Å². The zero-order valence-electron chi connectivity index (χ0n) is 31.1.